The predicted octanol–water partition coefficient (Wildman–Crippen LogP) is 3.09. The van der Waals surface area contributed by atoms with Gasteiger partial charge in [-0.15, -0.1) is 0 Å². The third-order valence-electron chi connectivity index (χ3n) is 5.53. The Morgan fingerprint density at radius 1 is 1.23 bits per heavy atom. The minimum atomic E-state index is -0.307. The third kappa shape index (κ3) is 3.57. The maximum atomic E-state index is 13.1. The van der Waals surface area contributed by atoms with Crippen LogP contribution in [0.1, 0.15) is 40.5 Å². The van der Waals surface area contributed by atoms with Gasteiger partial charge in [-0.25, -0.2) is 4.98 Å². The van der Waals surface area contributed by atoms with Gasteiger partial charge in [0.25, 0.3) is 5.91 Å². The van der Waals surface area contributed by atoms with E-state index in [1.54, 1.807) is 23.1 Å². The van der Waals surface area contributed by atoms with Crippen molar-refractivity contribution in [3.63, 3.8) is 0 Å². The maximum Gasteiger partial charge on any atom is 0.254 e. The molecule has 31 heavy (non-hydrogen) atoms. The highest BCUT2D eigenvalue weighted by Gasteiger charge is 2.28. The molecule has 5 rings (SSSR count). The number of ether oxygens (including phenoxy) is 1. The number of nitrogens with zero attached hydrogens (tertiary/aromatic N) is 5. The fraction of sp³-hybridized carbons (Fsp3) is 0.318. The summed E-state index contributed by atoms with van der Waals surface area (Å²) in [6, 6.07) is 11.1. The predicted molar refractivity (Wildman–Crippen MR) is 112 cm³/mol. The molecule has 4 aromatic rings. The largest absolute Gasteiger partial charge is 0.368 e. The Labute approximate surface area is 178 Å². The lowest BCUT2D eigenvalue weighted by Gasteiger charge is -2.33. The van der Waals surface area contributed by atoms with Crippen LogP contribution in [0.5, 0.6) is 0 Å². The van der Waals surface area contributed by atoms with Crippen LogP contribution in [-0.4, -0.2) is 56.1 Å². The molecular weight excluding hydrogens is 396 g/mol. The number of rotatable bonds is 4. The molecule has 0 spiro atoms. The van der Waals surface area contributed by atoms with Gasteiger partial charge in [-0.2, -0.15) is 15.4 Å². The molecule has 1 aliphatic rings. The summed E-state index contributed by atoms with van der Waals surface area (Å²) in [5, 5.41) is 14.8. The summed E-state index contributed by atoms with van der Waals surface area (Å²) in [5.74, 6) is 0.754. The van der Waals surface area contributed by atoms with E-state index >= 15 is 0 Å². The first-order valence-electron chi connectivity index (χ1n) is 10.3. The number of aromatic amines is 1. The molecule has 1 amide bonds. The van der Waals surface area contributed by atoms with Gasteiger partial charge in [0.1, 0.15) is 22.9 Å². The highest BCUT2D eigenvalue weighted by Crippen LogP contribution is 2.29. The van der Waals surface area contributed by atoms with E-state index in [2.05, 4.69) is 20.6 Å². The summed E-state index contributed by atoms with van der Waals surface area (Å²) in [4.78, 5) is 19.7. The normalized spacial score (nSPS) is 16.7. The Morgan fingerprint density at radius 2 is 2.10 bits per heavy atom. The number of benzene rings is 1. The lowest BCUT2D eigenvalue weighted by molar-refractivity contribution is -0.0246. The van der Waals surface area contributed by atoms with Crippen molar-refractivity contribution in [3.05, 3.63) is 59.1 Å². The molecule has 1 saturated heterocycles. The average Bonchev–Trinajstić information content (AvgIpc) is 3.44. The molecule has 0 aliphatic carbocycles. The zero-order valence-corrected chi connectivity index (χ0v) is 17.3. The molecule has 9 heteroatoms. The minimum absolute atomic E-state index is 0.0579. The number of aromatic nitrogens is 5. The fourth-order valence-electron chi connectivity index (χ4n) is 3.92. The molecule has 1 aromatic carbocycles. The first-order chi connectivity index (χ1) is 15.1. The Morgan fingerprint density at radius 3 is 2.97 bits per heavy atom. The van der Waals surface area contributed by atoms with Crippen molar-refractivity contribution >= 4 is 16.9 Å². The van der Waals surface area contributed by atoms with Crippen molar-refractivity contribution < 1.29 is 14.1 Å². The Kier molecular flexibility index (Phi) is 4.95. The SMILES string of the molecule is CCc1onc(C)c1-c1cccc([C@@H]2CN(C(=O)c3ccc4n[nH]nc4c3)CCO2)n1. The number of morpholine rings is 1. The van der Waals surface area contributed by atoms with Crippen LogP contribution in [0.4, 0.5) is 0 Å². The summed E-state index contributed by atoms with van der Waals surface area (Å²) in [5.41, 5.74) is 5.30. The lowest BCUT2D eigenvalue weighted by Crippen LogP contribution is -2.42. The zero-order valence-electron chi connectivity index (χ0n) is 17.3. The number of amides is 1. The number of carbonyl (C=O) groups is 1. The van der Waals surface area contributed by atoms with Gasteiger partial charge in [0.15, 0.2) is 0 Å². The van der Waals surface area contributed by atoms with E-state index in [9.17, 15) is 4.79 Å². The average molecular weight is 418 g/mol. The van der Waals surface area contributed by atoms with E-state index < -0.39 is 0 Å². The summed E-state index contributed by atoms with van der Waals surface area (Å²) in [6.07, 6.45) is 0.429. The van der Waals surface area contributed by atoms with Gasteiger partial charge in [0.05, 0.1) is 35.8 Å². The summed E-state index contributed by atoms with van der Waals surface area (Å²) >= 11 is 0. The molecule has 158 valence electrons. The van der Waals surface area contributed by atoms with Crippen molar-refractivity contribution in [2.24, 2.45) is 0 Å². The van der Waals surface area contributed by atoms with E-state index in [1.807, 2.05) is 32.0 Å². The molecule has 4 heterocycles. The molecule has 3 aromatic heterocycles. The summed E-state index contributed by atoms with van der Waals surface area (Å²) in [6.45, 7) is 5.33. The number of aryl methyl sites for hydroxylation is 2. The van der Waals surface area contributed by atoms with Crippen LogP contribution < -0.4 is 0 Å². The highest BCUT2D eigenvalue weighted by atomic mass is 16.5. The Balaban J connectivity index is 1.39. The van der Waals surface area contributed by atoms with Gasteiger partial charge in [-0.1, -0.05) is 18.1 Å². The van der Waals surface area contributed by atoms with E-state index in [4.69, 9.17) is 14.2 Å². The van der Waals surface area contributed by atoms with E-state index in [-0.39, 0.29) is 12.0 Å². The molecule has 0 saturated carbocycles. The minimum Gasteiger partial charge on any atom is -0.368 e. The van der Waals surface area contributed by atoms with Crippen molar-refractivity contribution in [2.45, 2.75) is 26.4 Å². The van der Waals surface area contributed by atoms with E-state index in [0.717, 1.165) is 40.3 Å². The number of hydrogen-bond donors (Lipinski definition) is 1. The number of hydrogen-bond acceptors (Lipinski definition) is 7. The number of fused-ring (bicyclic) bond motifs is 1. The van der Waals surface area contributed by atoms with Gasteiger partial charge in [0, 0.05) is 18.5 Å². The molecule has 1 aliphatic heterocycles. The zero-order chi connectivity index (χ0) is 21.4. The number of nitrogens with one attached hydrogen (secondary N) is 1. The standard InChI is InChI=1S/C22H22N6O3/c1-3-19-21(13(2)26-31-19)17-6-4-5-16(23-17)20-12-28(9-10-30-20)22(29)14-7-8-15-18(11-14)25-27-24-15/h4-8,11,20H,3,9-10,12H2,1-2H3,(H,24,25,27)/t20-/m0/s1. The van der Waals surface area contributed by atoms with Gasteiger partial charge < -0.3 is 14.2 Å². The number of H-pyrrole nitrogens is 1. The molecule has 0 radical (unpaired) electrons. The van der Waals surface area contributed by atoms with Gasteiger partial charge in [-0.3, -0.25) is 4.79 Å². The first-order valence-corrected chi connectivity index (χ1v) is 10.3. The molecule has 0 unspecified atom stereocenters. The maximum absolute atomic E-state index is 13.1. The van der Waals surface area contributed by atoms with Crippen LogP contribution in [0.25, 0.3) is 22.3 Å². The lowest BCUT2D eigenvalue weighted by atomic mass is 10.1. The second kappa shape index (κ2) is 7.92. The quantitative estimate of drug-likeness (QED) is 0.542. The van der Waals surface area contributed by atoms with Crippen LogP contribution in [-0.2, 0) is 11.2 Å². The molecule has 9 nitrogen and oxygen atoms in total. The van der Waals surface area contributed by atoms with E-state index in [0.29, 0.717) is 30.8 Å². The van der Waals surface area contributed by atoms with Gasteiger partial charge >= 0.3 is 0 Å². The highest BCUT2D eigenvalue weighted by molar-refractivity contribution is 5.97. The Bertz CT molecular complexity index is 1250. The van der Waals surface area contributed by atoms with Gasteiger partial charge in [0.2, 0.25) is 0 Å². The molecule has 1 fully saturated rings. The van der Waals surface area contributed by atoms with E-state index in [1.165, 1.54) is 0 Å². The van der Waals surface area contributed by atoms with Crippen molar-refractivity contribution in [2.75, 3.05) is 19.7 Å². The van der Waals surface area contributed by atoms with Crippen molar-refractivity contribution in [3.8, 4) is 11.3 Å². The second-order valence-corrected chi connectivity index (χ2v) is 7.51. The third-order valence-corrected chi connectivity index (χ3v) is 5.53. The van der Waals surface area contributed by atoms with Crippen LogP contribution in [0.2, 0.25) is 0 Å². The molecular formula is C22H22N6O3. The van der Waals surface area contributed by atoms with Crippen LogP contribution in [0.15, 0.2) is 40.9 Å². The summed E-state index contributed by atoms with van der Waals surface area (Å²) < 4.78 is 11.4. The molecule has 0 bridgehead atoms. The van der Waals surface area contributed by atoms with Crippen molar-refractivity contribution in [1.82, 2.24) is 30.5 Å². The fourth-order valence-corrected chi connectivity index (χ4v) is 3.92. The monoisotopic (exact) mass is 418 g/mol. The Hall–Kier alpha value is -3.59. The first kappa shape index (κ1) is 19.4. The van der Waals surface area contributed by atoms with Crippen LogP contribution >= 0.6 is 0 Å². The van der Waals surface area contributed by atoms with Crippen LogP contribution in [0, 0.1) is 6.92 Å². The topological polar surface area (TPSA) is 110 Å². The summed E-state index contributed by atoms with van der Waals surface area (Å²) in [7, 11) is 0. The number of pyridine rings is 1. The second-order valence-electron chi connectivity index (χ2n) is 7.51. The molecule has 1 atom stereocenters. The van der Waals surface area contributed by atoms with Crippen molar-refractivity contribution in [1.29, 1.82) is 0 Å². The smallest absolute Gasteiger partial charge is 0.254 e. The van der Waals surface area contributed by atoms with Gasteiger partial charge in [-0.05, 0) is 37.3 Å². The van der Waals surface area contributed by atoms with Crippen LogP contribution in [0.3, 0.4) is 0 Å². The molecule has 1 N–H and O–H groups in total. The number of carbonyl (C=O) groups excluding carboxylic acids is 1.